The zero-order valence-electron chi connectivity index (χ0n) is 16.2. The van der Waals surface area contributed by atoms with Gasteiger partial charge in [0.15, 0.2) is 11.5 Å². The summed E-state index contributed by atoms with van der Waals surface area (Å²) in [7, 11) is 1.34. The molecule has 3 rings (SSSR count). The highest BCUT2D eigenvalue weighted by atomic mass is 35.5. The van der Waals surface area contributed by atoms with E-state index < -0.39 is 6.61 Å². The first kappa shape index (κ1) is 21.8. The van der Waals surface area contributed by atoms with Crippen molar-refractivity contribution in [1.29, 1.82) is 0 Å². The predicted octanol–water partition coefficient (Wildman–Crippen LogP) is 4.44. The second-order valence-corrected chi connectivity index (χ2v) is 7.24. The van der Waals surface area contributed by atoms with Gasteiger partial charge in [-0.05, 0) is 49.2 Å². The molecule has 0 saturated carbocycles. The van der Waals surface area contributed by atoms with Crippen molar-refractivity contribution in [3.05, 3.63) is 53.1 Å². The van der Waals surface area contributed by atoms with Crippen molar-refractivity contribution < 1.29 is 27.8 Å². The summed E-state index contributed by atoms with van der Waals surface area (Å²) < 4.78 is 34.5. The number of piperidine rings is 1. The van der Waals surface area contributed by atoms with Crippen LogP contribution in [-0.2, 0) is 4.79 Å². The topological polar surface area (TPSA) is 67.9 Å². The van der Waals surface area contributed by atoms with E-state index in [4.69, 9.17) is 16.3 Å². The van der Waals surface area contributed by atoms with Gasteiger partial charge in [0.2, 0.25) is 5.91 Å². The molecule has 0 spiro atoms. The molecule has 1 saturated heterocycles. The number of anilines is 1. The van der Waals surface area contributed by atoms with Gasteiger partial charge in [-0.1, -0.05) is 11.6 Å². The first-order valence-electron chi connectivity index (χ1n) is 9.36. The zero-order valence-corrected chi connectivity index (χ0v) is 17.0. The Bertz CT molecular complexity index is 900. The maximum atomic E-state index is 12.6. The number of hydrogen-bond acceptors (Lipinski definition) is 4. The van der Waals surface area contributed by atoms with E-state index >= 15 is 0 Å². The summed E-state index contributed by atoms with van der Waals surface area (Å²) in [6.07, 6.45) is 1.00. The molecule has 0 radical (unpaired) electrons. The minimum atomic E-state index is -3.01. The van der Waals surface area contributed by atoms with Crippen molar-refractivity contribution in [1.82, 2.24) is 4.90 Å². The summed E-state index contributed by atoms with van der Waals surface area (Å²) in [5.41, 5.74) is 0.878. The smallest absolute Gasteiger partial charge is 0.387 e. The molecule has 6 nitrogen and oxygen atoms in total. The quantitative estimate of drug-likeness (QED) is 0.724. The Morgan fingerprint density at radius 2 is 1.77 bits per heavy atom. The van der Waals surface area contributed by atoms with Gasteiger partial charge in [-0.25, -0.2) is 0 Å². The molecule has 0 aromatic heterocycles. The molecule has 2 aromatic rings. The number of hydrogen-bond donors (Lipinski definition) is 1. The van der Waals surface area contributed by atoms with Crippen LogP contribution in [0.5, 0.6) is 11.5 Å². The fraction of sp³-hybridized carbons (Fsp3) is 0.333. The standard InChI is InChI=1S/C21H21ClF2N2O4/c1-29-17-7-6-16(12-18(17)30-21(23)24)25-19(27)13-8-10-26(11-9-13)20(28)14-2-4-15(22)5-3-14/h2-7,12-13,21H,8-11H2,1H3,(H,25,27). The Morgan fingerprint density at radius 3 is 2.37 bits per heavy atom. The number of rotatable bonds is 6. The predicted molar refractivity (Wildman–Crippen MR) is 108 cm³/mol. The molecule has 1 aliphatic rings. The van der Waals surface area contributed by atoms with Gasteiger partial charge >= 0.3 is 6.61 Å². The molecule has 0 bridgehead atoms. The van der Waals surface area contributed by atoms with Gasteiger partial charge in [0.25, 0.3) is 5.91 Å². The number of benzene rings is 2. The number of carbonyl (C=O) groups excluding carboxylic acids is 2. The summed E-state index contributed by atoms with van der Waals surface area (Å²) >= 11 is 5.85. The normalized spacial score (nSPS) is 14.5. The second kappa shape index (κ2) is 9.75. The van der Waals surface area contributed by atoms with Crippen molar-refractivity contribution in [2.75, 3.05) is 25.5 Å². The van der Waals surface area contributed by atoms with Crippen molar-refractivity contribution in [3.63, 3.8) is 0 Å². The second-order valence-electron chi connectivity index (χ2n) is 6.81. The Hall–Kier alpha value is -2.87. The maximum absolute atomic E-state index is 12.6. The number of amides is 2. The Labute approximate surface area is 177 Å². The van der Waals surface area contributed by atoms with Crippen LogP contribution in [0.25, 0.3) is 0 Å². The molecule has 0 atom stereocenters. The summed E-state index contributed by atoms with van der Waals surface area (Å²) in [5.74, 6) is -0.645. The number of nitrogens with one attached hydrogen (secondary N) is 1. The minimum Gasteiger partial charge on any atom is -0.493 e. The summed E-state index contributed by atoms with van der Waals surface area (Å²) in [5, 5.41) is 3.28. The van der Waals surface area contributed by atoms with E-state index in [0.29, 0.717) is 42.2 Å². The Morgan fingerprint density at radius 1 is 1.10 bits per heavy atom. The van der Waals surface area contributed by atoms with Gasteiger partial charge in [0.05, 0.1) is 7.11 Å². The van der Waals surface area contributed by atoms with Crippen LogP contribution >= 0.6 is 11.6 Å². The van der Waals surface area contributed by atoms with Crippen LogP contribution in [0, 0.1) is 5.92 Å². The largest absolute Gasteiger partial charge is 0.493 e. The lowest BCUT2D eigenvalue weighted by Crippen LogP contribution is -2.41. The van der Waals surface area contributed by atoms with Crippen LogP contribution in [-0.4, -0.2) is 43.5 Å². The van der Waals surface area contributed by atoms with E-state index in [-0.39, 0.29) is 29.2 Å². The van der Waals surface area contributed by atoms with E-state index in [9.17, 15) is 18.4 Å². The van der Waals surface area contributed by atoms with Crippen molar-refractivity contribution in [3.8, 4) is 11.5 Å². The maximum Gasteiger partial charge on any atom is 0.387 e. The third-order valence-corrected chi connectivity index (χ3v) is 5.14. The van der Waals surface area contributed by atoms with Gasteiger partial charge in [-0.3, -0.25) is 9.59 Å². The molecule has 1 fully saturated rings. The van der Waals surface area contributed by atoms with Gasteiger partial charge in [-0.2, -0.15) is 8.78 Å². The first-order valence-corrected chi connectivity index (χ1v) is 9.73. The summed E-state index contributed by atoms with van der Waals surface area (Å²) in [4.78, 5) is 26.9. The molecule has 0 aliphatic carbocycles. The van der Waals surface area contributed by atoms with E-state index in [2.05, 4.69) is 10.1 Å². The molecule has 9 heteroatoms. The highest BCUT2D eigenvalue weighted by Crippen LogP contribution is 2.32. The van der Waals surface area contributed by atoms with Crippen LogP contribution in [0.4, 0.5) is 14.5 Å². The number of alkyl halides is 2. The molecular weight excluding hydrogens is 418 g/mol. The lowest BCUT2D eigenvalue weighted by molar-refractivity contribution is -0.121. The number of ether oxygens (including phenoxy) is 2. The molecule has 0 unspecified atom stereocenters. The van der Waals surface area contributed by atoms with Crippen molar-refractivity contribution in [2.45, 2.75) is 19.5 Å². The number of carbonyl (C=O) groups is 2. The van der Waals surface area contributed by atoms with Crippen molar-refractivity contribution >= 4 is 29.1 Å². The number of methoxy groups -OCH3 is 1. The molecule has 160 valence electrons. The molecule has 2 aromatic carbocycles. The van der Waals surface area contributed by atoms with Crippen LogP contribution in [0.1, 0.15) is 23.2 Å². The van der Waals surface area contributed by atoms with Gasteiger partial charge in [0, 0.05) is 41.3 Å². The van der Waals surface area contributed by atoms with Crippen LogP contribution in [0.3, 0.4) is 0 Å². The summed E-state index contributed by atoms with van der Waals surface area (Å²) in [6.45, 7) is -2.11. The Kier molecular flexibility index (Phi) is 7.10. The van der Waals surface area contributed by atoms with Crippen LogP contribution in [0.2, 0.25) is 5.02 Å². The molecule has 2 amide bonds. The minimum absolute atomic E-state index is 0.102. The highest BCUT2D eigenvalue weighted by molar-refractivity contribution is 6.30. The van der Waals surface area contributed by atoms with E-state index in [1.807, 2.05) is 0 Å². The third-order valence-electron chi connectivity index (χ3n) is 4.89. The average Bonchev–Trinajstić information content (AvgIpc) is 2.74. The van der Waals surface area contributed by atoms with Gasteiger partial charge in [0.1, 0.15) is 0 Å². The van der Waals surface area contributed by atoms with E-state index in [1.54, 1.807) is 35.2 Å². The molecular formula is C21H21ClF2N2O4. The average molecular weight is 439 g/mol. The summed E-state index contributed by atoms with van der Waals surface area (Å²) in [6, 6.07) is 11.0. The monoisotopic (exact) mass is 438 g/mol. The first-order chi connectivity index (χ1) is 14.4. The molecule has 1 heterocycles. The molecule has 1 aliphatic heterocycles. The third kappa shape index (κ3) is 5.38. The van der Waals surface area contributed by atoms with E-state index in [0.717, 1.165) is 0 Å². The zero-order chi connectivity index (χ0) is 21.7. The number of nitrogens with zero attached hydrogens (tertiary/aromatic N) is 1. The van der Waals surface area contributed by atoms with Crippen molar-refractivity contribution in [2.24, 2.45) is 5.92 Å². The molecule has 1 N–H and O–H groups in total. The van der Waals surface area contributed by atoms with Crippen LogP contribution in [0.15, 0.2) is 42.5 Å². The van der Waals surface area contributed by atoms with E-state index in [1.165, 1.54) is 19.2 Å². The number of halogens is 3. The van der Waals surface area contributed by atoms with Gasteiger partial charge in [-0.15, -0.1) is 0 Å². The fourth-order valence-electron chi connectivity index (χ4n) is 3.31. The lowest BCUT2D eigenvalue weighted by Gasteiger charge is -2.31. The van der Waals surface area contributed by atoms with Crippen LogP contribution < -0.4 is 14.8 Å². The highest BCUT2D eigenvalue weighted by Gasteiger charge is 2.28. The fourth-order valence-corrected chi connectivity index (χ4v) is 3.43. The Balaban J connectivity index is 1.57. The van der Waals surface area contributed by atoms with Gasteiger partial charge < -0.3 is 19.7 Å². The number of likely N-dealkylation sites (tertiary alicyclic amines) is 1. The lowest BCUT2D eigenvalue weighted by atomic mass is 9.95. The molecule has 30 heavy (non-hydrogen) atoms. The SMILES string of the molecule is COc1ccc(NC(=O)C2CCN(C(=O)c3ccc(Cl)cc3)CC2)cc1OC(F)F.